The number of benzene rings is 1. The maximum Gasteiger partial charge on any atom is 0.161 e. The summed E-state index contributed by atoms with van der Waals surface area (Å²) in [6.45, 7) is 9.32. The molecule has 0 radical (unpaired) electrons. The Hall–Kier alpha value is -3.05. The molecule has 0 fully saturated rings. The number of ether oxygens (including phenoxy) is 1. The highest BCUT2D eigenvalue weighted by atomic mass is 16.5. The van der Waals surface area contributed by atoms with Gasteiger partial charge in [0.15, 0.2) is 11.5 Å². The molecule has 2 aromatic heterocycles. The molecular weight excluding hydrogens is 386 g/mol. The third-order valence-corrected chi connectivity index (χ3v) is 5.50. The second kappa shape index (κ2) is 10.3. The predicted molar refractivity (Wildman–Crippen MR) is 127 cm³/mol. The van der Waals surface area contributed by atoms with Crippen LogP contribution in [0.2, 0.25) is 0 Å². The molecule has 2 N–H and O–H groups in total. The first-order valence-corrected chi connectivity index (χ1v) is 10.8. The molecule has 5 heteroatoms. The van der Waals surface area contributed by atoms with Gasteiger partial charge in [0.1, 0.15) is 5.82 Å². The lowest BCUT2D eigenvalue weighted by molar-refractivity contribution is 0.373. The van der Waals surface area contributed by atoms with E-state index in [1.807, 2.05) is 18.2 Å². The lowest BCUT2D eigenvalue weighted by Gasteiger charge is -2.17. The summed E-state index contributed by atoms with van der Waals surface area (Å²) in [5, 5.41) is 13.3. The summed E-state index contributed by atoms with van der Waals surface area (Å²) in [6, 6.07) is 14.3. The van der Waals surface area contributed by atoms with Crippen molar-refractivity contribution in [3.63, 3.8) is 0 Å². The highest BCUT2D eigenvalue weighted by molar-refractivity contribution is 5.55. The number of pyridine rings is 1. The Balaban J connectivity index is 1.65. The lowest BCUT2D eigenvalue weighted by atomic mass is 10.1. The molecule has 3 rings (SSSR count). The van der Waals surface area contributed by atoms with E-state index in [4.69, 9.17) is 9.72 Å². The van der Waals surface area contributed by atoms with Crippen LogP contribution in [0, 0.1) is 20.8 Å². The van der Waals surface area contributed by atoms with Gasteiger partial charge in [0.2, 0.25) is 0 Å². The van der Waals surface area contributed by atoms with Gasteiger partial charge in [0.25, 0.3) is 0 Å². The zero-order valence-corrected chi connectivity index (χ0v) is 19.1. The molecule has 1 unspecified atom stereocenters. The summed E-state index contributed by atoms with van der Waals surface area (Å²) in [7, 11) is 1.56. The van der Waals surface area contributed by atoms with Gasteiger partial charge in [0.05, 0.1) is 7.11 Å². The van der Waals surface area contributed by atoms with Crippen LogP contribution >= 0.6 is 0 Å². The van der Waals surface area contributed by atoms with Gasteiger partial charge in [-0.15, -0.1) is 0 Å². The van der Waals surface area contributed by atoms with E-state index in [-0.39, 0.29) is 5.75 Å². The van der Waals surface area contributed by atoms with E-state index in [2.05, 4.69) is 67.9 Å². The Morgan fingerprint density at radius 1 is 1.10 bits per heavy atom. The van der Waals surface area contributed by atoms with E-state index in [1.165, 1.54) is 17.0 Å². The third kappa shape index (κ3) is 5.76. The Kier molecular flexibility index (Phi) is 7.53. The molecule has 31 heavy (non-hydrogen) atoms. The molecule has 0 amide bonds. The van der Waals surface area contributed by atoms with Crippen LogP contribution in [0.4, 0.5) is 0 Å². The van der Waals surface area contributed by atoms with Gasteiger partial charge in [-0.3, -0.25) is 0 Å². The van der Waals surface area contributed by atoms with Crippen LogP contribution < -0.4 is 10.1 Å². The summed E-state index contributed by atoms with van der Waals surface area (Å²) in [5.74, 6) is 1.63. The number of aromatic nitrogens is 2. The summed E-state index contributed by atoms with van der Waals surface area (Å²) >= 11 is 0. The predicted octanol–water partition coefficient (Wildman–Crippen LogP) is 5.14. The van der Waals surface area contributed by atoms with Gasteiger partial charge < -0.3 is 19.7 Å². The number of phenolic OH excluding ortho intramolecular Hbond substituents is 1. The zero-order valence-electron chi connectivity index (χ0n) is 19.1. The zero-order chi connectivity index (χ0) is 22.4. The van der Waals surface area contributed by atoms with Crippen LogP contribution in [-0.2, 0) is 6.42 Å². The van der Waals surface area contributed by atoms with Crippen molar-refractivity contribution in [1.82, 2.24) is 14.9 Å². The van der Waals surface area contributed by atoms with Crippen LogP contribution in [0.3, 0.4) is 0 Å². The van der Waals surface area contributed by atoms with Gasteiger partial charge >= 0.3 is 0 Å². The van der Waals surface area contributed by atoms with Gasteiger partial charge in [-0.05, 0) is 74.7 Å². The molecule has 0 spiro atoms. The average Bonchev–Trinajstić information content (AvgIpc) is 3.08. The molecule has 0 aliphatic heterocycles. The Morgan fingerprint density at radius 3 is 2.52 bits per heavy atom. The quantitative estimate of drug-likeness (QED) is 0.504. The van der Waals surface area contributed by atoms with Crippen molar-refractivity contribution in [2.24, 2.45) is 0 Å². The number of hydrogen-bond donors (Lipinski definition) is 2. The maximum absolute atomic E-state index is 9.71. The van der Waals surface area contributed by atoms with Gasteiger partial charge in [0, 0.05) is 36.1 Å². The normalized spacial score (nSPS) is 12.4. The Labute approximate surface area is 185 Å². The first-order valence-electron chi connectivity index (χ1n) is 10.8. The number of phenols is 1. The van der Waals surface area contributed by atoms with Crippen molar-refractivity contribution in [3.8, 4) is 17.3 Å². The van der Waals surface area contributed by atoms with Crippen LogP contribution in [0.5, 0.6) is 11.5 Å². The smallest absolute Gasteiger partial charge is 0.161 e. The Morgan fingerprint density at radius 2 is 1.84 bits per heavy atom. The fourth-order valence-corrected chi connectivity index (χ4v) is 3.81. The molecule has 0 saturated carbocycles. The van der Waals surface area contributed by atoms with Crippen LogP contribution in [-0.4, -0.2) is 34.4 Å². The molecule has 164 valence electrons. The minimum Gasteiger partial charge on any atom is -0.504 e. The monoisotopic (exact) mass is 419 g/mol. The summed E-state index contributed by atoms with van der Waals surface area (Å²) < 4.78 is 7.37. The van der Waals surface area contributed by atoms with E-state index >= 15 is 0 Å². The molecule has 2 heterocycles. The minimum absolute atomic E-state index is 0.152. The summed E-state index contributed by atoms with van der Waals surface area (Å²) in [6.07, 6.45) is 6.03. The van der Waals surface area contributed by atoms with E-state index in [0.29, 0.717) is 11.8 Å². The van der Waals surface area contributed by atoms with E-state index < -0.39 is 0 Å². The molecule has 1 aromatic carbocycles. The summed E-state index contributed by atoms with van der Waals surface area (Å²) in [4.78, 5) is 4.96. The lowest BCUT2D eigenvalue weighted by Crippen LogP contribution is -2.31. The van der Waals surface area contributed by atoms with Gasteiger partial charge in [-0.25, -0.2) is 4.98 Å². The first-order chi connectivity index (χ1) is 14.9. The number of aromatic hydroxyl groups is 1. The van der Waals surface area contributed by atoms with Crippen molar-refractivity contribution < 1.29 is 9.84 Å². The van der Waals surface area contributed by atoms with Crippen molar-refractivity contribution in [3.05, 3.63) is 76.7 Å². The molecular formula is C26H33N3O2. The number of rotatable bonds is 9. The van der Waals surface area contributed by atoms with E-state index in [0.717, 1.165) is 36.5 Å². The van der Waals surface area contributed by atoms with Crippen molar-refractivity contribution in [2.75, 3.05) is 13.7 Å². The molecule has 1 atom stereocenters. The van der Waals surface area contributed by atoms with Gasteiger partial charge in [-0.2, -0.15) is 0 Å². The second-order valence-corrected chi connectivity index (χ2v) is 8.00. The number of methoxy groups -OCH3 is 1. The number of aryl methyl sites for hydroxylation is 3. The Bertz CT molecular complexity index is 1030. The standard InChI is InChI=1S/C26H33N3O2/c1-6-22(27-13-7-8-21-11-12-24(30)25(16-21)31-5)17-23-14-18(2)15-26(28-23)29-19(3)9-10-20(29)4/h7-12,14-16,22,27,30H,6,13,17H2,1-5H3. The number of hydrogen-bond acceptors (Lipinski definition) is 4. The number of nitrogens with zero attached hydrogens (tertiary/aromatic N) is 2. The highest BCUT2D eigenvalue weighted by Gasteiger charge is 2.11. The highest BCUT2D eigenvalue weighted by Crippen LogP contribution is 2.26. The fraction of sp³-hybridized carbons (Fsp3) is 0.346. The van der Waals surface area contributed by atoms with Gasteiger partial charge in [-0.1, -0.05) is 25.1 Å². The molecule has 3 aromatic rings. The summed E-state index contributed by atoms with van der Waals surface area (Å²) in [5.41, 5.74) is 5.72. The minimum atomic E-state index is 0.152. The third-order valence-electron chi connectivity index (χ3n) is 5.50. The largest absolute Gasteiger partial charge is 0.504 e. The molecule has 0 saturated heterocycles. The van der Waals surface area contributed by atoms with Crippen molar-refractivity contribution in [2.45, 2.75) is 46.6 Å². The topological polar surface area (TPSA) is 59.3 Å². The van der Waals surface area contributed by atoms with Crippen molar-refractivity contribution >= 4 is 6.08 Å². The SMILES string of the molecule is CCC(Cc1cc(C)cc(-n2c(C)ccc2C)n1)NCC=Cc1ccc(O)c(OC)c1. The average molecular weight is 420 g/mol. The maximum atomic E-state index is 9.71. The second-order valence-electron chi connectivity index (χ2n) is 8.00. The first kappa shape index (κ1) is 22.6. The van der Waals surface area contributed by atoms with Crippen LogP contribution in [0.15, 0.2) is 48.5 Å². The molecule has 0 aliphatic rings. The van der Waals surface area contributed by atoms with E-state index in [9.17, 15) is 5.11 Å². The van der Waals surface area contributed by atoms with Crippen LogP contribution in [0.1, 0.15) is 41.6 Å². The fourth-order valence-electron chi connectivity index (χ4n) is 3.81. The van der Waals surface area contributed by atoms with E-state index in [1.54, 1.807) is 13.2 Å². The van der Waals surface area contributed by atoms with Crippen molar-refractivity contribution in [1.29, 1.82) is 0 Å². The number of nitrogens with one attached hydrogen (secondary N) is 1. The molecule has 0 bridgehead atoms. The molecule has 0 aliphatic carbocycles. The van der Waals surface area contributed by atoms with Crippen LogP contribution in [0.25, 0.3) is 11.9 Å². The molecule has 5 nitrogen and oxygen atoms in total.